The highest BCUT2D eigenvalue weighted by Gasteiger charge is 2.31. The molecule has 4 rings (SSSR count). The molecule has 7 heteroatoms. The molecule has 0 fully saturated rings. The summed E-state index contributed by atoms with van der Waals surface area (Å²) in [5.41, 5.74) is 3.60. The van der Waals surface area contributed by atoms with Crippen LogP contribution in [0.3, 0.4) is 0 Å². The van der Waals surface area contributed by atoms with Crippen molar-refractivity contribution in [1.29, 1.82) is 0 Å². The van der Waals surface area contributed by atoms with Crippen LogP contribution >= 0.6 is 34.8 Å². The van der Waals surface area contributed by atoms with Crippen molar-refractivity contribution < 1.29 is 9.53 Å². The Labute approximate surface area is 189 Å². The Balaban J connectivity index is 1.99. The van der Waals surface area contributed by atoms with Crippen molar-refractivity contribution in [2.75, 3.05) is 11.5 Å². The molecule has 0 aliphatic carbocycles. The molecule has 0 aromatic heterocycles. The highest BCUT2D eigenvalue weighted by Crippen LogP contribution is 2.45. The molecule has 30 heavy (non-hydrogen) atoms. The molecular formula is C23H17Cl3N2O2. The van der Waals surface area contributed by atoms with Gasteiger partial charge in [0.25, 0.3) is 0 Å². The van der Waals surface area contributed by atoms with E-state index in [4.69, 9.17) is 39.5 Å². The Bertz CT molecular complexity index is 1130. The largest absolute Gasteiger partial charge is 0.489 e. The molecule has 0 bridgehead atoms. The van der Waals surface area contributed by atoms with Crippen molar-refractivity contribution in [1.82, 2.24) is 5.32 Å². The van der Waals surface area contributed by atoms with Crippen molar-refractivity contribution >= 4 is 52.2 Å². The highest BCUT2D eigenvalue weighted by atomic mass is 35.5. The minimum atomic E-state index is -0.330. The third kappa shape index (κ3) is 3.74. The summed E-state index contributed by atoms with van der Waals surface area (Å²) in [6, 6.07) is 16.0. The summed E-state index contributed by atoms with van der Waals surface area (Å²) >= 11 is 19.3. The van der Waals surface area contributed by atoms with Gasteiger partial charge < -0.3 is 10.1 Å². The van der Waals surface area contributed by atoms with Gasteiger partial charge in [-0.05, 0) is 29.8 Å². The molecule has 152 valence electrons. The minimum absolute atomic E-state index is 0.319. The fraction of sp³-hybridized carbons (Fsp3) is 0.0870. The number of nitrogens with zero attached hydrogens (tertiary/aromatic N) is 1. The Hall–Kier alpha value is -2.66. The number of urea groups is 1. The van der Waals surface area contributed by atoms with E-state index in [0.717, 1.165) is 16.7 Å². The van der Waals surface area contributed by atoms with Crippen LogP contribution in [0.4, 0.5) is 16.2 Å². The van der Waals surface area contributed by atoms with Gasteiger partial charge in [0.05, 0.1) is 21.4 Å². The van der Waals surface area contributed by atoms with E-state index >= 15 is 0 Å². The van der Waals surface area contributed by atoms with Crippen LogP contribution in [0.15, 0.2) is 67.3 Å². The van der Waals surface area contributed by atoms with Crippen LogP contribution in [0.25, 0.3) is 11.1 Å². The summed E-state index contributed by atoms with van der Waals surface area (Å²) in [5, 5.41) is 4.23. The van der Waals surface area contributed by atoms with Crippen LogP contribution in [0.5, 0.6) is 5.75 Å². The molecule has 3 aromatic carbocycles. The van der Waals surface area contributed by atoms with E-state index in [9.17, 15) is 4.79 Å². The van der Waals surface area contributed by atoms with Crippen LogP contribution in [-0.4, -0.2) is 12.6 Å². The van der Waals surface area contributed by atoms with E-state index < -0.39 is 0 Å². The molecule has 4 nitrogen and oxygen atoms in total. The zero-order chi connectivity index (χ0) is 21.3. The Kier molecular flexibility index (Phi) is 5.91. The van der Waals surface area contributed by atoms with E-state index in [1.165, 1.54) is 4.90 Å². The van der Waals surface area contributed by atoms with Gasteiger partial charge in [0.2, 0.25) is 0 Å². The lowest BCUT2D eigenvalue weighted by atomic mass is 9.95. The van der Waals surface area contributed by atoms with Gasteiger partial charge in [-0.15, -0.1) is 0 Å². The lowest BCUT2D eigenvalue weighted by Gasteiger charge is -2.33. The number of carbonyl (C=O) groups is 1. The summed E-state index contributed by atoms with van der Waals surface area (Å²) in [6.45, 7) is 4.35. The number of nitrogens with one attached hydrogen (secondary N) is 1. The second-order valence-corrected chi connectivity index (χ2v) is 7.83. The lowest BCUT2D eigenvalue weighted by molar-refractivity contribution is 0.247. The smallest absolute Gasteiger partial charge is 0.326 e. The second kappa shape index (κ2) is 8.60. The van der Waals surface area contributed by atoms with E-state index in [0.29, 0.717) is 45.3 Å². The molecule has 2 amide bonds. The predicted molar refractivity (Wildman–Crippen MR) is 123 cm³/mol. The van der Waals surface area contributed by atoms with Crippen molar-refractivity contribution in [3.05, 3.63) is 87.9 Å². The van der Waals surface area contributed by atoms with Crippen molar-refractivity contribution in [2.24, 2.45) is 0 Å². The number of amides is 2. The molecule has 0 atom stereocenters. The number of carbonyl (C=O) groups excluding carboxylic acids is 1. The maximum atomic E-state index is 12.9. The van der Waals surface area contributed by atoms with Gasteiger partial charge >= 0.3 is 6.03 Å². The molecule has 1 aliphatic heterocycles. The Morgan fingerprint density at radius 2 is 1.70 bits per heavy atom. The van der Waals surface area contributed by atoms with Gasteiger partial charge in [-0.3, -0.25) is 4.90 Å². The van der Waals surface area contributed by atoms with Gasteiger partial charge in [0.15, 0.2) is 0 Å². The number of benzene rings is 3. The quantitative estimate of drug-likeness (QED) is 0.409. The average Bonchev–Trinajstić information content (AvgIpc) is 2.73. The summed E-state index contributed by atoms with van der Waals surface area (Å²) in [5.74, 6) is 0.575. The number of ether oxygens (including phenoxy) is 1. The number of halogens is 3. The molecule has 1 N–H and O–H groups in total. The van der Waals surface area contributed by atoms with Gasteiger partial charge in [0, 0.05) is 28.8 Å². The first-order valence-corrected chi connectivity index (χ1v) is 10.3. The average molecular weight is 460 g/mol. The topological polar surface area (TPSA) is 41.6 Å². The van der Waals surface area contributed by atoms with Crippen LogP contribution in [0, 0.1) is 0 Å². The van der Waals surface area contributed by atoms with E-state index in [2.05, 4.69) is 11.9 Å². The molecule has 0 radical (unpaired) electrons. The van der Waals surface area contributed by atoms with Crippen molar-refractivity contribution in [3.63, 3.8) is 0 Å². The number of anilines is 2. The lowest BCUT2D eigenvalue weighted by Crippen LogP contribution is -2.41. The number of rotatable bonds is 5. The maximum Gasteiger partial charge on any atom is 0.326 e. The zero-order valence-electron chi connectivity index (χ0n) is 15.8. The summed E-state index contributed by atoms with van der Waals surface area (Å²) < 4.78 is 5.82. The number of hydrogen-bond donors (Lipinski definition) is 1. The standard InChI is InChI=1S/C23H17Cl3N2O2/c1-2-10-30-14-11-16(15-6-3-4-7-18(15)24)17-13-27-23(29)28(21(17)12-14)22-19(25)8-5-9-20(22)26/h2-9,11-12H,1,10,13H2,(H,27,29). The fourth-order valence-corrected chi connectivity index (χ4v) is 4.26. The molecule has 1 aliphatic rings. The van der Waals surface area contributed by atoms with Crippen molar-refractivity contribution in [2.45, 2.75) is 6.54 Å². The third-order valence-electron chi connectivity index (χ3n) is 4.75. The Morgan fingerprint density at radius 1 is 1.00 bits per heavy atom. The van der Waals surface area contributed by atoms with Gasteiger partial charge in [-0.25, -0.2) is 4.79 Å². The monoisotopic (exact) mass is 458 g/mol. The predicted octanol–water partition coefficient (Wildman–Crippen LogP) is 7.24. The van der Waals surface area contributed by atoms with Crippen LogP contribution in [-0.2, 0) is 6.54 Å². The fourth-order valence-electron chi connectivity index (χ4n) is 3.45. The van der Waals surface area contributed by atoms with Crippen LogP contribution in [0.2, 0.25) is 15.1 Å². The van der Waals surface area contributed by atoms with Gasteiger partial charge in [-0.1, -0.05) is 71.7 Å². The molecule has 0 spiro atoms. The first-order chi connectivity index (χ1) is 14.5. The van der Waals surface area contributed by atoms with E-state index in [1.807, 2.05) is 30.3 Å². The first-order valence-electron chi connectivity index (χ1n) is 9.18. The summed E-state index contributed by atoms with van der Waals surface area (Å²) in [6.07, 6.45) is 1.66. The Morgan fingerprint density at radius 3 is 2.40 bits per heavy atom. The number of hydrogen-bond acceptors (Lipinski definition) is 2. The molecule has 1 heterocycles. The molecule has 0 saturated carbocycles. The molecule has 0 saturated heterocycles. The van der Waals surface area contributed by atoms with Gasteiger partial charge in [-0.2, -0.15) is 0 Å². The highest BCUT2D eigenvalue weighted by molar-refractivity contribution is 6.40. The zero-order valence-corrected chi connectivity index (χ0v) is 18.1. The number of para-hydroxylation sites is 1. The summed E-state index contributed by atoms with van der Waals surface area (Å²) in [7, 11) is 0. The second-order valence-electron chi connectivity index (χ2n) is 6.61. The normalized spacial score (nSPS) is 12.9. The summed E-state index contributed by atoms with van der Waals surface area (Å²) in [4.78, 5) is 14.4. The van der Waals surface area contributed by atoms with Crippen molar-refractivity contribution in [3.8, 4) is 16.9 Å². The first kappa shape index (κ1) is 20.6. The SMILES string of the molecule is C=CCOc1cc(-c2ccccc2Cl)c2c(c1)N(c1c(Cl)cccc1Cl)C(=O)NC2. The third-order valence-corrected chi connectivity index (χ3v) is 5.69. The van der Waals surface area contributed by atoms with Crippen LogP contribution < -0.4 is 15.0 Å². The van der Waals surface area contributed by atoms with E-state index in [1.54, 1.807) is 30.3 Å². The maximum absolute atomic E-state index is 12.9. The molecule has 3 aromatic rings. The van der Waals surface area contributed by atoms with E-state index in [-0.39, 0.29) is 6.03 Å². The number of fused-ring (bicyclic) bond motifs is 1. The van der Waals surface area contributed by atoms with Gasteiger partial charge in [0.1, 0.15) is 12.4 Å². The molecular weight excluding hydrogens is 443 g/mol. The molecule has 0 unspecified atom stereocenters. The van der Waals surface area contributed by atoms with Crippen LogP contribution in [0.1, 0.15) is 5.56 Å². The minimum Gasteiger partial charge on any atom is -0.489 e.